The Kier molecular flexibility index (Phi) is 7.26. The van der Waals surface area contributed by atoms with Crippen LogP contribution in [0.2, 0.25) is 10.0 Å². The van der Waals surface area contributed by atoms with E-state index in [1.165, 1.54) is 5.57 Å². The zero-order valence-corrected chi connectivity index (χ0v) is 20.2. The molecule has 31 heavy (non-hydrogen) atoms. The van der Waals surface area contributed by atoms with Gasteiger partial charge in [-0.2, -0.15) is 4.57 Å². The minimum atomic E-state index is 0.0286. The van der Waals surface area contributed by atoms with Crippen LogP contribution in [0.4, 0.5) is 0 Å². The second-order valence-electron chi connectivity index (χ2n) is 7.21. The summed E-state index contributed by atoms with van der Waals surface area (Å²) in [4.78, 5) is 4.76. The molecule has 0 saturated carbocycles. The van der Waals surface area contributed by atoms with Crippen molar-refractivity contribution in [1.82, 2.24) is 4.98 Å². The lowest BCUT2D eigenvalue weighted by atomic mass is 10.1. The van der Waals surface area contributed by atoms with E-state index in [1.54, 1.807) is 22.7 Å². The van der Waals surface area contributed by atoms with Gasteiger partial charge >= 0.3 is 0 Å². The quantitative estimate of drug-likeness (QED) is 0.311. The number of rotatable bonds is 8. The van der Waals surface area contributed by atoms with Crippen molar-refractivity contribution >= 4 is 72.4 Å². The van der Waals surface area contributed by atoms with Crippen LogP contribution < -0.4 is 4.57 Å². The lowest BCUT2D eigenvalue weighted by Crippen LogP contribution is -2.37. The molecule has 162 valence electrons. The zero-order chi connectivity index (χ0) is 22.0. The predicted molar refractivity (Wildman–Crippen MR) is 132 cm³/mol. The van der Waals surface area contributed by atoms with Gasteiger partial charge in [0.1, 0.15) is 11.3 Å². The van der Waals surface area contributed by atoms with E-state index >= 15 is 0 Å². The van der Waals surface area contributed by atoms with Gasteiger partial charge in [-0.15, -0.1) is 11.3 Å². The molecule has 0 aliphatic heterocycles. The van der Waals surface area contributed by atoms with Crippen LogP contribution in [0.1, 0.15) is 28.9 Å². The number of nitrogens with zero attached hydrogens (tertiary/aromatic N) is 2. The molecule has 0 unspecified atom stereocenters. The molecule has 0 spiro atoms. The SMILES string of the molecule is CCC(=Cc1sc2ccc(Cl)c(CCO)c2[n+]1CCO)Cc1nc2cc(Cl)ccc2s1. The molecule has 0 fully saturated rings. The highest BCUT2D eigenvalue weighted by Gasteiger charge is 2.24. The molecule has 0 radical (unpaired) electrons. The standard InChI is InChI=1S/C23H23Cl2N2O2S2/c1-2-14(11-21-26-18-13-15(24)3-5-19(18)30-21)12-22-27(8-10-29)23-16(7-9-28)17(25)4-6-20(23)31-22/h3-6,12-13,28-29H,2,7-11H2,1H3/q+1. The molecule has 2 aromatic heterocycles. The molecule has 0 bridgehead atoms. The number of halogens is 2. The van der Waals surface area contributed by atoms with Crippen molar-refractivity contribution in [2.45, 2.75) is 32.7 Å². The summed E-state index contributed by atoms with van der Waals surface area (Å²) >= 11 is 15.9. The molecule has 4 nitrogen and oxygen atoms in total. The molecule has 0 aliphatic rings. The number of aliphatic hydroxyl groups is 2. The Bertz CT molecular complexity index is 1260. The van der Waals surface area contributed by atoms with E-state index in [4.69, 9.17) is 28.2 Å². The number of aromatic nitrogens is 2. The van der Waals surface area contributed by atoms with E-state index in [2.05, 4.69) is 17.6 Å². The Balaban J connectivity index is 1.76. The second-order valence-corrected chi connectivity index (χ2v) is 10.2. The minimum absolute atomic E-state index is 0.0286. The van der Waals surface area contributed by atoms with Gasteiger partial charge in [0, 0.05) is 36.1 Å². The number of allylic oxidation sites excluding steroid dienone is 1. The third-order valence-corrected chi connectivity index (χ3v) is 7.90. The molecule has 2 aromatic carbocycles. The normalized spacial score (nSPS) is 12.4. The molecule has 0 amide bonds. The summed E-state index contributed by atoms with van der Waals surface area (Å²) in [7, 11) is 0. The summed E-state index contributed by atoms with van der Waals surface area (Å²) in [5.41, 5.74) is 4.12. The van der Waals surface area contributed by atoms with Gasteiger partial charge in [-0.05, 0) is 36.8 Å². The number of fused-ring (bicyclic) bond motifs is 2. The van der Waals surface area contributed by atoms with Crippen LogP contribution in [0.5, 0.6) is 0 Å². The Labute approximate surface area is 199 Å². The molecule has 4 rings (SSSR count). The van der Waals surface area contributed by atoms with Gasteiger partial charge in [0.2, 0.25) is 5.52 Å². The third-order valence-electron chi connectivity index (χ3n) is 5.18. The van der Waals surface area contributed by atoms with Crippen molar-refractivity contribution < 1.29 is 14.8 Å². The fourth-order valence-corrected chi connectivity index (χ4v) is 6.32. The first-order valence-electron chi connectivity index (χ1n) is 10.1. The van der Waals surface area contributed by atoms with Gasteiger partial charge < -0.3 is 10.2 Å². The maximum Gasteiger partial charge on any atom is 0.262 e. The highest BCUT2D eigenvalue weighted by Crippen LogP contribution is 2.32. The second kappa shape index (κ2) is 9.94. The van der Waals surface area contributed by atoms with Crippen LogP contribution in [0.25, 0.3) is 26.5 Å². The van der Waals surface area contributed by atoms with E-state index in [1.807, 2.05) is 30.3 Å². The van der Waals surface area contributed by atoms with Crippen molar-refractivity contribution in [2.75, 3.05) is 13.2 Å². The van der Waals surface area contributed by atoms with Crippen LogP contribution in [0.15, 0.2) is 35.9 Å². The third kappa shape index (κ3) is 4.80. The van der Waals surface area contributed by atoms with E-state index in [0.29, 0.717) is 23.0 Å². The van der Waals surface area contributed by atoms with E-state index < -0.39 is 0 Å². The summed E-state index contributed by atoms with van der Waals surface area (Å²) in [5, 5.41) is 22.7. The summed E-state index contributed by atoms with van der Waals surface area (Å²) in [5.74, 6) is 0. The molecular formula is C23H23Cl2N2O2S2+. The number of hydrogen-bond acceptors (Lipinski definition) is 5. The van der Waals surface area contributed by atoms with Crippen LogP contribution >= 0.6 is 45.9 Å². The molecule has 4 aromatic rings. The lowest BCUT2D eigenvalue weighted by Gasteiger charge is -2.04. The first-order chi connectivity index (χ1) is 15.0. The van der Waals surface area contributed by atoms with E-state index in [-0.39, 0.29) is 13.2 Å². The van der Waals surface area contributed by atoms with Crippen molar-refractivity contribution in [2.24, 2.45) is 0 Å². The van der Waals surface area contributed by atoms with Crippen molar-refractivity contribution in [3.05, 3.63) is 61.5 Å². The number of hydrogen-bond donors (Lipinski definition) is 2. The van der Waals surface area contributed by atoms with Crippen molar-refractivity contribution in [3.63, 3.8) is 0 Å². The van der Waals surface area contributed by atoms with Crippen LogP contribution in [-0.2, 0) is 19.4 Å². The number of thiazole rings is 2. The van der Waals surface area contributed by atoms with Gasteiger partial charge in [-0.1, -0.05) is 47.0 Å². The van der Waals surface area contributed by atoms with Crippen LogP contribution in [0, 0.1) is 0 Å². The number of aliphatic hydroxyl groups excluding tert-OH is 2. The molecule has 2 heterocycles. The van der Waals surface area contributed by atoms with E-state index in [9.17, 15) is 10.2 Å². The van der Waals surface area contributed by atoms with Crippen LogP contribution in [-0.4, -0.2) is 28.4 Å². The summed E-state index contributed by atoms with van der Waals surface area (Å²) < 4.78 is 4.35. The van der Waals surface area contributed by atoms with Crippen molar-refractivity contribution in [1.29, 1.82) is 0 Å². The van der Waals surface area contributed by atoms with Gasteiger partial charge in [-0.3, -0.25) is 0 Å². The fourth-order valence-electron chi connectivity index (χ4n) is 3.70. The monoisotopic (exact) mass is 493 g/mol. The smallest absolute Gasteiger partial charge is 0.262 e. The average molecular weight is 494 g/mol. The largest absolute Gasteiger partial charge is 0.396 e. The van der Waals surface area contributed by atoms with Gasteiger partial charge in [0.25, 0.3) is 5.01 Å². The maximum absolute atomic E-state index is 9.70. The summed E-state index contributed by atoms with van der Waals surface area (Å²) in [6.07, 6.45) is 4.35. The zero-order valence-electron chi connectivity index (χ0n) is 17.1. The molecule has 0 saturated heterocycles. The van der Waals surface area contributed by atoms with Gasteiger partial charge in [-0.25, -0.2) is 4.98 Å². The Morgan fingerprint density at radius 2 is 1.90 bits per heavy atom. The average Bonchev–Trinajstić information content (AvgIpc) is 3.30. The molecule has 0 aliphatic carbocycles. The molecular weight excluding hydrogens is 471 g/mol. The molecule has 8 heteroatoms. The van der Waals surface area contributed by atoms with Gasteiger partial charge in [0.15, 0.2) is 6.54 Å². The predicted octanol–water partition coefficient (Wildman–Crippen LogP) is 5.67. The van der Waals surface area contributed by atoms with E-state index in [0.717, 1.165) is 48.9 Å². The minimum Gasteiger partial charge on any atom is -0.396 e. The van der Waals surface area contributed by atoms with Crippen molar-refractivity contribution in [3.8, 4) is 0 Å². The first kappa shape index (κ1) is 22.6. The summed E-state index contributed by atoms with van der Waals surface area (Å²) in [6, 6.07) is 9.71. The number of benzene rings is 2. The summed E-state index contributed by atoms with van der Waals surface area (Å²) in [6.45, 7) is 2.68. The highest BCUT2D eigenvalue weighted by atomic mass is 35.5. The highest BCUT2D eigenvalue weighted by molar-refractivity contribution is 7.19. The Hall–Kier alpha value is -1.54. The fraction of sp³-hybridized carbons (Fsp3) is 0.304. The first-order valence-corrected chi connectivity index (χ1v) is 12.5. The molecule has 0 atom stereocenters. The molecule has 2 N–H and O–H groups in total. The van der Waals surface area contributed by atoms with Gasteiger partial charge in [0.05, 0.1) is 20.2 Å². The maximum atomic E-state index is 9.70. The van der Waals surface area contributed by atoms with Crippen LogP contribution in [0.3, 0.4) is 0 Å². The Morgan fingerprint density at radius 1 is 1.10 bits per heavy atom. The lowest BCUT2D eigenvalue weighted by molar-refractivity contribution is -0.670. The Morgan fingerprint density at radius 3 is 2.65 bits per heavy atom. The topological polar surface area (TPSA) is 57.2 Å².